The molecule has 1 aliphatic carbocycles. The van der Waals surface area contributed by atoms with Gasteiger partial charge in [-0.25, -0.2) is 8.78 Å². The lowest BCUT2D eigenvalue weighted by Gasteiger charge is -2.19. The first-order valence-electron chi connectivity index (χ1n) is 8.91. The van der Waals surface area contributed by atoms with Crippen LogP contribution in [0.4, 0.5) is 8.78 Å². The van der Waals surface area contributed by atoms with Crippen LogP contribution in [0.15, 0.2) is 42.5 Å². The summed E-state index contributed by atoms with van der Waals surface area (Å²) < 4.78 is 26.3. The van der Waals surface area contributed by atoms with Crippen molar-refractivity contribution in [2.45, 2.75) is 51.0 Å². The summed E-state index contributed by atoms with van der Waals surface area (Å²) in [6.45, 7) is 3.12. The molecule has 0 saturated heterocycles. The number of benzene rings is 2. The van der Waals surface area contributed by atoms with Gasteiger partial charge in [-0.1, -0.05) is 31.2 Å². The molecular formula is C21H25F2N. The van der Waals surface area contributed by atoms with Crippen LogP contribution in [0.5, 0.6) is 0 Å². The third kappa shape index (κ3) is 4.21. The number of aryl methyl sites for hydroxylation is 2. The molecule has 0 spiro atoms. The Morgan fingerprint density at radius 2 is 1.71 bits per heavy atom. The van der Waals surface area contributed by atoms with Gasteiger partial charge in [-0.2, -0.15) is 0 Å². The number of nitrogens with one attached hydrogen (secondary N) is 1. The molecule has 128 valence electrons. The summed E-state index contributed by atoms with van der Waals surface area (Å²) >= 11 is 0. The second-order valence-electron chi connectivity index (χ2n) is 6.80. The van der Waals surface area contributed by atoms with E-state index >= 15 is 0 Å². The number of hydrogen-bond donors (Lipinski definition) is 1. The fourth-order valence-corrected chi connectivity index (χ4v) is 3.32. The third-order valence-electron chi connectivity index (χ3n) is 4.92. The normalized spacial score (nSPS) is 15.5. The summed E-state index contributed by atoms with van der Waals surface area (Å²) in [7, 11) is 0. The lowest BCUT2D eigenvalue weighted by atomic mass is 10.0. The van der Waals surface area contributed by atoms with Gasteiger partial charge in [0.05, 0.1) is 0 Å². The Hall–Kier alpha value is -1.74. The van der Waals surface area contributed by atoms with Crippen molar-refractivity contribution in [2.75, 3.05) is 6.54 Å². The predicted octanol–water partition coefficient (Wildman–Crippen LogP) is 5.13. The van der Waals surface area contributed by atoms with Gasteiger partial charge in [0, 0.05) is 11.6 Å². The second-order valence-corrected chi connectivity index (χ2v) is 6.80. The summed E-state index contributed by atoms with van der Waals surface area (Å²) in [5, 5.41) is 3.70. The highest BCUT2D eigenvalue weighted by atomic mass is 19.1. The van der Waals surface area contributed by atoms with Gasteiger partial charge in [0.2, 0.25) is 0 Å². The van der Waals surface area contributed by atoms with Gasteiger partial charge >= 0.3 is 0 Å². The topological polar surface area (TPSA) is 12.0 Å². The van der Waals surface area contributed by atoms with Crippen LogP contribution >= 0.6 is 0 Å². The summed E-state index contributed by atoms with van der Waals surface area (Å²) in [4.78, 5) is 0. The van der Waals surface area contributed by atoms with Gasteiger partial charge in [0.25, 0.3) is 0 Å². The van der Waals surface area contributed by atoms with Gasteiger partial charge in [0.15, 0.2) is 0 Å². The molecule has 0 heterocycles. The molecule has 0 unspecified atom stereocenters. The molecule has 1 nitrogen and oxygen atoms in total. The van der Waals surface area contributed by atoms with E-state index in [4.69, 9.17) is 0 Å². The minimum absolute atomic E-state index is 0.163. The van der Waals surface area contributed by atoms with Crippen molar-refractivity contribution in [3.8, 4) is 0 Å². The minimum atomic E-state index is -0.490. The summed E-state index contributed by atoms with van der Waals surface area (Å²) in [6, 6.07) is 12.6. The van der Waals surface area contributed by atoms with E-state index < -0.39 is 11.6 Å². The van der Waals surface area contributed by atoms with E-state index in [-0.39, 0.29) is 5.54 Å². The zero-order valence-electron chi connectivity index (χ0n) is 14.2. The van der Waals surface area contributed by atoms with Gasteiger partial charge in [-0.05, 0) is 73.9 Å². The third-order valence-corrected chi connectivity index (χ3v) is 4.92. The Morgan fingerprint density at radius 1 is 0.958 bits per heavy atom. The second kappa shape index (κ2) is 7.43. The lowest BCUT2D eigenvalue weighted by molar-refractivity contribution is 0.500. The van der Waals surface area contributed by atoms with Crippen LogP contribution in [-0.4, -0.2) is 6.54 Å². The maximum Gasteiger partial charge on any atom is 0.126 e. The van der Waals surface area contributed by atoms with Crippen molar-refractivity contribution in [1.29, 1.82) is 0 Å². The molecule has 2 aromatic rings. The van der Waals surface area contributed by atoms with Crippen molar-refractivity contribution in [2.24, 2.45) is 0 Å². The Morgan fingerprint density at radius 3 is 2.38 bits per heavy atom. The number of unbranched alkanes of at least 4 members (excludes halogenated alkanes) is 1. The van der Waals surface area contributed by atoms with Gasteiger partial charge in [-0.15, -0.1) is 0 Å². The largest absolute Gasteiger partial charge is 0.307 e. The first-order valence-corrected chi connectivity index (χ1v) is 8.91. The van der Waals surface area contributed by atoms with Crippen molar-refractivity contribution in [1.82, 2.24) is 5.32 Å². The van der Waals surface area contributed by atoms with Crippen molar-refractivity contribution >= 4 is 0 Å². The minimum Gasteiger partial charge on any atom is -0.307 e. The smallest absolute Gasteiger partial charge is 0.126 e. The molecule has 1 fully saturated rings. The monoisotopic (exact) mass is 329 g/mol. The molecule has 0 aromatic heterocycles. The average Bonchev–Trinajstić information content (AvgIpc) is 3.35. The molecule has 1 N–H and O–H groups in total. The van der Waals surface area contributed by atoms with Crippen LogP contribution in [0, 0.1) is 11.6 Å². The number of halogens is 2. The Labute approximate surface area is 143 Å². The molecule has 3 heteroatoms. The predicted molar refractivity (Wildman–Crippen MR) is 94.0 cm³/mol. The highest BCUT2D eigenvalue weighted by molar-refractivity contribution is 5.33. The molecule has 2 aromatic carbocycles. The zero-order chi connectivity index (χ0) is 17.0. The zero-order valence-corrected chi connectivity index (χ0v) is 14.2. The average molecular weight is 329 g/mol. The van der Waals surface area contributed by atoms with Crippen molar-refractivity contribution in [3.63, 3.8) is 0 Å². The molecule has 0 aliphatic heterocycles. The molecule has 0 radical (unpaired) electrons. The van der Waals surface area contributed by atoms with Crippen LogP contribution in [-0.2, 0) is 18.4 Å². The van der Waals surface area contributed by atoms with Crippen LogP contribution in [0.3, 0.4) is 0 Å². The Bertz CT molecular complexity index is 672. The quantitative estimate of drug-likeness (QED) is 0.662. The summed E-state index contributed by atoms with van der Waals surface area (Å²) in [5.41, 5.74) is 3.68. The van der Waals surface area contributed by atoms with Crippen molar-refractivity contribution < 1.29 is 8.78 Å². The molecular weight excluding hydrogens is 304 g/mol. The van der Waals surface area contributed by atoms with Crippen LogP contribution in [0.2, 0.25) is 0 Å². The highest BCUT2D eigenvalue weighted by Crippen LogP contribution is 2.45. The molecule has 1 aliphatic rings. The molecule has 0 atom stereocenters. The first-order chi connectivity index (χ1) is 11.6. The van der Waals surface area contributed by atoms with E-state index in [1.54, 1.807) is 0 Å². The van der Waals surface area contributed by atoms with Gasteiger partial charge in [-0.3, -0.25) is 0 Å². The molecule has 1 saturated carbocycles. The molecule has 24 heavy (non-hydrogen) atoms. The SMILES string of the molecule is CCc1cccc(C2(NCCCCc3cc(F)cc(F)c3)CC2)c1. The van der Waals surface area contributed by atoms with E-state index in [0.29, 0.717) is 6.42 Å². The van der Waals surface area contributed by atoms with Crippen LogP contribution < -0.4 is 5.32 Å². The van der Waals surface area contributed by atoms with Crippen LogP contribution in [0.1, 0.15) is 49.3 Å². The van der Waals surface area contributed by atoms with Gasteiger partial charge < -0.3 is 5.32 Å². The van der Waals surface area contributed by atoms with E-state index in [1.807, 2.05) is 0 Å². The summed E-state index contributed by atoms with van der Waals surface area (Å²) in [5.74, 6) is -0.980. The number of rotatable bonds is 8. The maximum atomic E-state index is 13.2. The maximum absolute atomic E-state index is 13.2. The Balaban J connectivity index is 1.46. The first kappa shape index (κ1) is 17.1. The van der Waals surface area contributed by atoms with E-state index in [1.165, 1.54) is 36.1 Å². The van der Waals surface area contributed by atoms with E-state index in [9.17, 15) is 8.78 Å². The summed E-state index contributed by atoms with van der Waals surface area (Å²) in [6.07, 6.45) is 6.10. The highest BCUT2D eigenvalue weighted by Gasteiger charge is 2.43. The van der Waals surface area contributed by atoms with E-state index in [2.05, 4.69) is 36.5 Å². The van der Waals surface area contributed by atoms with Crippen molar-refractivity contribution in [3.05, 3.63) is 70.8 Å². The lowest BCUT2D eigenvalue weighted by Crippen LogP contribution is -2.29. The van der Waals surface area contributed by atoms with Crippen LogP contribution in [0.25, 0.3) is 0 Å². The van der Waals surface area contributed by atoms with Gasteiger partial charge in [0.1, 0.15) is 11.6 Å². The molecule has 0 amide bonds. The fourth-order valence-electron chi connectivity index (χ4n) is 3.32. The Kier molecular flexibility index (Phi) is 5.30. The van der Waals surface area contributed by atoms with E-state index in [0.717, 1.165) is 37.4 Å². The molecule has 0 bridgehead atoms. The fraction of sp³-hybridized carbons (Fsp3) is 0.429. The molecule has 3 rings (SSSR count). The number of hydrogen-bond acceptors (Lipinski definition) is 1. The standard InChI is InChI=1S/C21H25F2N/c1-2-16-7-5-8-18(12-16)21(9-10-21)24-11-4-3-6-17-13-19(22)15-20(23)14-17/h5,7-8,12-15,24H,2-4,6,9-11H2,1H3.